The van der Waals surface area contributed by atoms with E-state index in [9.17, 15) is 14.4 Å². The first-order valence-electron chi connectivity index (χ1n) is 15.3. The van der Waals surface area contributed by atoms with E-state index in [0.717, 1.165) is 62.5 Å². The third kappa shape index (κ3) is 7.46. The van der Waals surface area contributed by atoms with E-state index in [0.29, 0.717) is 34.6 Å². The van der Waals surface area contributed by atoms with Crippen molar-refractivity contribution in [2.75, 3.05) is 6.54 Å². The molecule has 0 saturated heterocycles. The van der Waals surface area contributed by atoms with Gasteiger partial charge in [-0.3, -0.25) is 19.4 Å². The highest BCUT2D eigenvalue weighted by Gasteiger charge is 2.52. The zero-order valence-corrected chi connectivity index (χ0v) is 26.4. The molecule has 1 spiro atoms. The Kier molecular flexibility index (Phi) is 10.9. The zero-order valence-electron chi connectivity index (χ0n) is 24.9. The zero-order chi connectivity index (χ0) is 30.4. The van der Waals surface area contributed by atoms with Gasteiger partial charge in [0.2, 0.25) is 0 Å². The minimum Gasteiger partial charge on any atom is -0.481 e. The molecule has 1 heterocycles. The van der Waals surface area contributed by atoms with Crippen LogP contribution in [0.4, 0.5) is 0 Å². The number of unbranched alkanes of at least 4 members (excludes halogenated alkanes) is 2. The number of halogens is 2. The predicted molar refractivity (Wildman–Crippen MR) is 168 cm³/mol. The molecule has 1 aromatic rings. The van der Waals surface area contributed by atoms with Gasteiger partial charge < -0.3 is 15.3 Å². The molecule has 228 valence electrons. The smallest absolute Gasteiger partial charge is 0.305 e. The summed E-state index contributed by atoms with van der Waals surface area (Å²) in [6.45, 7) is 6.77. The molecule has 9 heteroatoms. The number of nitrogens with zero attached hydrogens (tertiary/aromatic N) is 2. The number of carboxylic acid groups (broad SMARTS) is 1. The van der Waals surface area contributed by atoms with Crippen LogP contribution >= 0.6 is 23.2 Å². The number of alkyl halides is 1. The van der Waals surface area contributed by atoms with Crippen molar-refractivity contribution in [3.05, 3.63) is 58.1 Å². The Balaban J connectivity index is 1.68. The molecule has 4 rings (SSSR count). The topological polar surface area (TPSA) is 99.1 Å². The first-order valence-corrected chi connectivity index (χ1v) is 16.1. The number of allylic oxidation sites excluding steroid dienone is 3. The summed E-state index contributed by atoms with van der Waals surface area (Å²) >= 11 is 12.9. The van der Waals surface area contributed by atoms with Crippen LogP contribution in [0.1, 0.15) is 107 Å². The molecular weight excluding hydrogens is 573 g/mol. The van der Waals surface area contributed by atoms with Gasteiger partial charge >= 0.3 is 5.97 Å². The quantitative estimate of drug-likeness (QED) is 0.189. The summed E-state index contributed by atoms with van der Waals surface area (Å²) < 4.78 is 0. The van der Waals surface area contributed by atoms with Gasteiger partial charge in [-0.1, -0.05) is 63.8 Å². The fourth-order valence-electron chi connectivity index (χ4n) is 6.53. The number of hydrogen-bond acceptors (Lipinski definition) is 4. The van der Waals surface area contributed by atoms with Crippen molar-refractivity contribution in [2.45, 2.75) is 102 Å². The fourth-order valence-corrected chi connectivity index (χ4v) is 7.18. The van der Waals surface area contributed by atoms with E-state index >= 15 is 0 Å². The number of hydrogen-bond donors (Lipinski definition) is 2. The number of carbonyl (C=O) groups excluding carboxylic acids is 2. The Bertz CT molecular complexity index is 1250. The van der Waals surface area contributed by atoms with E-state index in [4.69, 9.17) is 33.3 Å². The van der Waals surface area contributed by atoms with Crippen molar-refractivity contribution >= 4 is 46.7 Å². The molecule has 3 aliphatic rings. The first-order chi connectivity index (χ1) is 20.0. The number of amides is 2. The van der Waals surface area contributed by atoms with Crippen LogP contribution in [0.3, 0.4) is 0 Å². The number of carbonyl (C=O) groups is 3. The molecule has 2 unspecified atom stereocenters. The van der Waals surface area contributed by atoms with Gasteiger partial charge in [-0.2, -0.15) is 0 Å². The van der Waals surface area contributed by atoms with Crippen molar-refractivity contribution in [1.29, 1.82) is 0 Å². The van der Waals surface area contributed by atoms with Crippen LogP contribution in [0, 0.1) is 11.8 Å². The summed E-state index contributed by atoms with van der Waals surface area (Å²) in [7, 11) is 0. The minimum atomic E-state index is -0.961. The lowest BCUT2D eigenvalue weighted by atomic mass is 9.76. The number of aliphatic carboxylic acids is 1. The molecule has 1 fully saturated rings. The number of benzene rings is 1. The standard InChI is InChI=1S/C33H43Cl2N3O4/c1-4-5-6-7-28(23-8-10-24(11-9-23)31(41)36-17-14-29(39)40)38-32(42)30(25-18-26(34)20-27(35)19-25)37-33(38)15-12-22(13-16-33)21(2)3/h8-11,18,20-22,27-28H,4-7,12-17,19H2,1-3H3,(H,36,41)(H,39,40). The number of nitrogens with one attached hydrogen (secondary N) is 1. The highest BCUT2D eigenvalue weighted by Crippen LogP contribution is 2.48. The van der Waals surface area contributed by atoms with E-state index in [1.165, 1.54) is 0 Å². The first kappa shape index (κ1) is 32.3. The molecule has 1 aromatic carbocycles. The fraction of sp³-hybridized carbons (Fsp3) is 0.576. The largest absolute Gasteiger partial charge is 0.481 e. The maximum atomic E-state index is 14.4. The average Bonchev–Trinajstić information content (AvgIpc) is 3.22. The van der Waals surface area contributed by atoms with Gasteiger partial charge in [0.25, 0.3) is 11.8 Å². The third-order valence-electron chi connectivity index (χ3n) is 8.91. The van der Waals surface area contributed by atoms with Crippen LogP contribution in [-0.2, 0) is 9.59 Å². The maximum absolute atomic E-state index is 14.4. The van der Waals surface area contributed by atoms with Gasteiger partial charge in [-0.15, -0.1) is 11.6 Å². The molecule has 2 N–H and O–H groups in total. The monoisotopic (exact) mass is 615 g/mol. The van der Waals surface area contributed by atoms with Crippen LogP contribution < -0.4 is 5.32 Å². The third-order valence-corrected chi connectivity index (χ3v) is 9.43. The lowest BCUT2D eigenvalue weighted by Crippen LogP contribution is -2.51. The van der Waals surface area contributed by atoms with E-state index in [1.54, 1.807) is 18.2 Å². The van der Waals surface area contributed by atoms with Crippen molar-refractivity contribution in [2.24, 2.45) is 16.8 Å². The van der Waals surface area contributed by atoms with E-state index < -0.39 is 11.6 Å². The number of carboxylic acids is 1. The SMILES string of the molecule is CCCCCC(c1ccc(C(=O)NCCC(=O)O)cc1)N1C(=O)C(C2=CC(Cl)=CC(Cl)C2)=NC12CCC(C(C)C)CC2. The summed E-state index contributed by atoms with van der Waals surface area (Å²) in [4.78, 5) is 45.2. The molecule has 0 aromatic heterocycles. The average molecular weight is 617 g/mol. The van der Waals surface area contributed by atoms with Crippen LogP contribution in [-0.4, -0.2) is 51.1 Å². The second-order valence-corrected chi connectivity index (χ2v) is 13.2. The Hall–Kier alpha value is -2.64. The lowest BCUT2D eigenvalue weighted by molar-refractivity contribution is -0.137. The molecule has 1 saturated carbocycles. The minimum absolute atomic E-state index is 0.0655. The second-order valence-electron chi connectivity index (χ2n) is 12.2. The number of aliphatic imine (C=N–C) groups is 1. The van der Waals surface area contributed by atoms with Crippen molar-refractivity contribution < 1.29 is 19.5 Å². The van der Waals surface area contributed by atoms with Crippen molar-refractivity contribution in [1.82, 2.24) is 10.2 Å². The lowest BCUT2D eigenvalue weighted by Gasteiger charge is -2.46. The highest BCUT2D eigenvalue weighted by molar-refractivity contribution is 6.47. The van der Waals surface area contributed by atoms with Crippen molar-refractivity contribution in [3.8, 4) is 0 Å². The van der Waals surface area contributed by atoms with Gasteiger partial charge in [-0.25, -0.2) is 0 Å². The molecule has 0 bridgehead atoms. The molecule has 2 amide bonds. The normalized spacial score (nSPS) is 24.9. The van der Waals surface area contributed by atoms with E-state index in [-0.39, 0.29) is 36.2 Å². The van der Waals surface area contributed by atoms with Crippen LogP contribution in [0.15, 0.2) is 52.0 Å². The summed E-state index contributed by atoms with van der Waals surface area (Å²) in [5.74, 6) is -0.175. The van der Waals surface area contributed by atoms with Crippen LogP contribution in [0.5, 0.6) is 0 Å². The molecular formula is C33H43Cl2N3O4. The molecule has 2 atom stereocenters. The summed E-state index contributed by atoms with van der Waals surface area (Å²) in [5.41, 5.74) is 2.06. The summed E-state index contributed by atoms with van der Waals surface area (Å²) in [5, 5.41) is 11.8. The molecule has 2 aliphatic carbocycles. The summed E-state index contributed by atoms with van der Waals surface area (Å²) in [6, 6.07) is 7.17. The molecule has 1 aliphatic heterocycles. The van der Waals surface area contributed by atoms with Gasteiger partial charge in [0.1, 0.15) is 11.4 Å². The van der Waals surface area contributed by atoms with Crippen molar-refractivity contribution in [3.63, 3.8) is 0 Å². The Morgan fingerprint density at radius 3 is 2.45 bits per heavy atom. The molecule has 42 heavy (non-hydrogen) atoms. The van der Waals surface area contributed by atoms with Crippen LogP contribution in [0.25, 0.3) is 0 Å². The van der Waals surface area contributed by atoms with Gasteiger partial charge in [-0.05, 0) is 85.8 Å². The van der Waals surface area contributed by atoms with Gasteiger partial charge in [0.05, 0.1) is 17.8 Å². The highest BCUT2D eigenvalue weighted by atomic mass is 35.5. The Morgan fingerprint density at radius 2 is 1.86 bits per heavy atom. The van der Waals surface area contributed by atoms with Crippen LogP contribution in [0.2, 0.25) is 0 Å². The second kappa shape index (κ2) is 14.2. The maximum Gasteiger partial charge on any atom is 0.305 e. The van der Waals surface area contributed by atoms with Gasteiger partial charge in [0, 0.05) is 17.1 Å². The van der Waals surface area contributed by atoms with Gasteiger partial charge in [0.15, 0.2) is 0 Å². The molecule has 0 radical (unpaired) electrons. The Labute approximate surface area is 259 Å². The van der Waals surface area contributed by atoms with E-state index in [2.05, 4.69) is 26.1 Å². The molecule has 7 nitrogen and oxygen atoms in total. The Morgan fingerprint density at radius 1 is 1.17 bits per heavy atom. The predicted octanol–water partition coefficient (Wildman–Crippen LogP) is 7.40. The van der Waals surface area contributed by atoms with E-state index in [1.807, 2.05) is 23.1 Å². The summed E-state index contributed by atoms with van der Waals surface area (Å²) in [6.07, 6.45) is 11.5. The number of rotatable bonds is 12.